The molecule has 0 radical (unpaired) electrons. The summed E-state index contributed by atoms with van der Waals surface area (Å²) < 4.78 is 2.57. The number of rotatable bonds is 5. The van der Waals surface area contributed by atoms with E-state index in [-0.39, 0.29) is 0 Å². The number of benzene rings is 9. The number of fused-ring (bicyclic) bond motifs is 13. The molecule has 0 fully saturated rings. The van der Waals surface area contributed by atoms with E-state index in [4.69, 9.17) is 0 Å². The Morgan fingerprint density at radius 2 is 0.895 bits per heavy atom. The molecule has 0 saturated carbocycles. The van der Waals surface area contributed by atoms with Gasteiger partial charge in [-0.1, -0.05) is 176 Å². The van der Waals surface area contributed by atoms with Crippen molar-refractivity contribution in [2.24, 2.45) is 0 Å². The predicted molar refractivity (Wildman–Crippen MR) is 241 cm³/mol. The minimum atomic E-state index is -0.441. The molecule has 9 aromatic carbocycles. The molecular weight excluding hydrogens is 707 g/mol. The van der Waals surface area contributed by atoms with Crippen molar-refractivity contribution in [2.75, 3.05) is 4.90 Å². The van der Waals surface area contributed by atoms with Gasteiger partial charge in [-0.2, -0.15) is 0 Å². The standard InChI is InChI=1S/C55H35NS/c1-3-16-36(17-4-1)38-30-33-51(46(34-38)37-18-5-2-6-19-37)56(52-28-15-24-45-44-23-10-14-29-53(44)57-54(45)52)39-31-32-43-42-22-9-13-27-49(42)55(50(43)35-39)47-25-11-7-20-40(47)41-21-8-12-26-48(41)55/h1-35H. The highest BCUT2D eigenvalue weighted by Gasteiger charge is 2.51. The van der Waals surface area contributed by atoms with Crippen molar-refractivity contribution in [3.8, 4) is 44.5 Å². The normalized spacial score (nSPS) is 13.1. The molecule has 0 saturated heterocycles. The van der Waals surface area contributed by atoms with Gasteiger partial charge < -0.3 is 4.90 Å². The zero-order chi connectivity index (χ0) is 37.5. The Kier molecular flexibility index (Phi) is 7.08. The molecule has 12 rings (SSSR count). The Balaban J connectivity index is 1.18. The van der Waals surface area contributed by atoms with Gasteiger partial charge in [0.2, 0.25) is 0 Å². The van der Waals surface area contributed by atoms with Crippen LogP contribution in [0.5, 0.6) is 0 Å². The Hall–Kier alpha value is -7.00. The minimum absolute atomic E-state index is 0.441. The third kappa shape index (κ3) is 4.62. The minimum Gasteiger partial charge on any atom is -0.308 e. The number of anilines is 3. The molecule has 1 aromatic heterocycles. The van der Waals surface area contributed by atoms with E-state index in [0.717, 1.165) is 11.4 Å². The fourth-order valence-electron chi connectivity index (χ4n) is 9.93. The average Bonchev–Trinajstić information content (AvgIpc) is 3.92. The van der Waals surface area contributed by atoms with E-state index < -0.39 is 5.41 Å². The predicted octanol–water partition coefficient (Wildman–Crippen LogP) is 15.2. The van der Waals surface area contributed by atoms with Gasteiger partial charge in [0.05, 0.1) is 21.5 Å². The van der Waals surface area contributed by atoms with Crippen molar-refractivity contribution in [3.05, 3.63) is 235 Å². The van der Waals surface area contributed by atoms with Crippen LogP contribution in [-0.4, -0.2) is 0 Å². The summed E-state index contributed by atoms with van der Waals surface area (Å²) in [5, 5.41) is 2.58. The molecule has 0 amide bonds. The smallest absolute Gasteiger partial charge is 0.0726 e. The van der Waals surface area contributed by atoms with Crippen molar-refractivity contribution in [1.82, 2.24) is 0 Å². The first-order valence-corrected chi connectivity index (χ1v) is 20.5. The number of hydrogen-bond acceptors (Lipinski definition) is 2. The van der Waals surface area contributed by atoms with Gasteiger partial charge in [-0.05, 0) is 97.6 Å². The van der Waals surface area contributed by atoms with Crippen molar-refractivity contribution in [3.63, 3.8) is 0 Å². The second-order valence-electron chi connectivity index (χ2n) is 15.2. The van der Waals surface area contributed by atoms with Crippen LogP contribution in [-0.2, 0) is 5.41 Å². The summed E-state index contributed by atoms with van der Waals surface area (Å²) in [7, 11) is 0. The van der Waals surface area contributed by atoms with Crippen LogP contribution in [0.4, 0.5) is 17.1 Å². The van der Waals surface area contributed by atoms with Gasteiger partial charge >= 0.3 is 0 Å². The lowest BCUT2D eigenvalue weighted by Gasteiger charge is -2.33. The Morgan fingerprint density at radius 3 is 1.58 bits per heavy atom. The van der Waals surface area contributed by atoms with Crippen LogP contribution in [0.25, 0.3) is 64.7 Å². The molecule has 2 heteroatoms. The average molecular weight is 742 g/mol. The molecular formula is C55H35NS. The topological polar surface area (TPSA) is 3.24 Å². The highest BCUT2D eigenvalue weighted by Crippen LogP contribution is 2.63. The Morgan fingerprint density at radius 1 is 0.333 bits per heavy atom. The van der Waals surface area contributed by atoms with E-state index in [1.807, 2.05) is 11.3 Å². The van der Waals surface area contributed by atoms with Crippen molar-refractivity contribution >= 4 is 48.6 Å². The van der Waals surface area contributed by atoms with Crippen LogP contribution < -0.4 is 4.90 Å². The van der Waals surface area contributed by atoms with Crippen LogP contribution in [0.3, 0.4) is 0 Å². The van der Waals surface area contributed by atoms with Crippen molar-refractivity contribution in [2.45, 2.75) is 5.41 Å². The number of thiophene rings is 1. The molecule has 0 unspecified atom stereocenters. The first-order chi connectivity index (χ1) is 28.3. The van der Waals surface area contributed by atoms with Gasteiger partial charge in [-0.3, -0.25) is 0 Å². The van der Waals surface area contributed by atoms with Gasteiger partial charge in [-0.25, -0.2) is 0 Å². The maximum atomic E-state index is 2.54. The third-order valence-corrected chi connectivity index (χ3v) is 13.5. The SMILES string of the molecule is c1ccc(-c2ccc(N(c3ccc4c(c3)C3(c5ccccc5-c5ccccc53)c3ccccc3-4)c3cccc4c3sc3ccccc34)c(-c3ccccc3)c2)cc1. The second kappa shape index (κ2) is 12.5. The molecule has 1 heterocycles. The lowest BCUT2D eigenvalue weighted by atomic mass is 9.70. The lowest BCUT2D eigenvalue weighted by Crippen LogP contribution is -2.26. The van der Waals surface area contributed by atoms with Crippen LogP contribution >= 0.6 is 11.3 Å². The zero-order valence-electron chi connectivity index (χ0n) is 31.1. The Labute approximate surface area is 336 Å². The Bertz CT molecular complexity index is 3130. The van der Waals surface area contributed by atoms with Crippen LogP contribution in [0.2, 0.25) is 0 Å². The van der Waals surface area contributed by atoms with Gasteiger partial charge in [0.1, 0.15) is 0 Å². The van der Waals surface area contributed by atoms with Gasteiger partial charge in [0.25, 0.3) is 0 Å². The molecule has 266 valence electrons. The van der Waals surface area contributed by atoms with E-state index in [1.165, 1.54) is 92.6 Å². The highest BCUT2D eigenvalue weighted by atomic mass is 32.1. The monoisotopic (exact) mass is 741 g/mol. The van der Waals surface area contributed by atoms with Gasteiger partial charge in [0, 0.05) is 26.7 Å². The summed E-state index contributed by atoms with van der Waals surface area (Å²) in [6.07, 6.45) is 0. The first-order valence-electron chi connectivity index (χ1n) is 19.7. The molecule has 0 aliphatic heterocycles. The van der Waals surface area contributed by atoms with E-state index in [9.17, 15) is 0 Å². The number of nitrogens with zero attached hydrogens (tertiary/aromatic N) is 1. The highest BCUT2D eigenvalue weighted by molar-refractivity contribution is 7.26. The van der Waals surface area contributed by atoms with Crippen molar-refractivity contribution in [1.29, 1.82) is 0 Å². The summed E-state index contributed by atoms with van der Waals surface area (Å²) in [6.45, 7) is 0. The molecule has 2 aliphatic carbocycles. The van der Waals surface area contributed by atoms with Crippen molar-refractivity contribution < 1.29 is 0 Å². The summed E-state index contributed by atoms with van der Waals surface area (Å²) in [4.78, 5) is 2.54. The maximum absolute atomic E-state index is 2.54. The zero-order valence-corrected chi connectivity index (χ0v) is 31.9. The molecule has 57 heavy (non-hydrogen) atoms. The molecule has 1 spiro atoms. The fourth-order valence-corrected chi connectivity index (χ4v) is 11.1. The van der Waals surface area contributed by atoms with E-state index >= 15 is 0 Å². The van der Waals surface area contributed by atoms with E-state index in [1.54, 1.807) is 0 Å². The van der Waals surface area contributed by atoms with Crippen LogP contribution in [0.1, 0.15) is 22.3 Å². The number of hydrogen-bond donors (Lipinski definition) is 0. The van der Waals surface area contributed by atoms with Gasteiger partial charge in [0.15, 0.2) is 0 Å². The van der Waals surface area contributed by atoms with E-state index in [0.29, 0.717) is 0 Å². The summed E-state index contributed by atoms with van der Waals surface area (Å²) in [6, 6.07) is 78.8. The molecule has 10 aromatic rings. The van der Waals surface area contributed by atoms with Crippen LogP contribution in [0.15, 0.2) is 212 Å². The maximum Gasteiger partial charge on any atom is 0.0726 e. The molecule has 0 N–H and O–H groups in total. The summed E-state index contributed by atoms with van der Waals surface area (Å²) in [5.41, 5.74) is 18.4. The van der Waals surface area contributed by atoms with E-state index in [2.05, 4.69) is 217 Å². The molecule has 2 aliphatic rings. The van der Waals surface area contributed by atoms with Crippen LogP contribution in [0, 0.1) is 0 Å². The molecule has 0 bridgehead atoms. The largest absolute Gasteiger partial charge is 0.308 e. The van der Waals surface area contributed by atoms with Gasteiger partial charge in [-0.15, -0.1) is 11.3 Å². The lowest BCUT2D eigenvalue weighted by molar-refractivity contribution is 0.793. The fraction of sp³-hybridized carbons (Fsp3) is 0.0182. The summed E-state index contributed by atoms with van der Waals surface area (Å²) >= 11 is 1.88. The first kappa shape index (κ1) is 32.3. The summed E-state index contributed by atoms with van der Waals surface area (Å²) in [5.74, 6) is 0. The third-order valence-electron chi connectivity index (χ3n) is 12.3. The molecule has 1 nitrogen and oxygen atoms in total. The second-order valence-corrected chi connectivity index (χ2v) is 16.2. The quantitative estimate of drug-likeness (QED) is 0.170. The molecule has 0 atom stereocenters.